The lowest BCUT2D eigenvalue weighted by Crippen LogP contribution is -2.13. The van der Waals surface area contributed by atoms with E-state index < -0.39 is 16.3 Å². The molecular formula is C29H34N10O5S. The van der Waals surface area contributed by atoms with Gasteiger partial charge in [-0.05, 0) is 79.9 Å². The summed E-state index contributed by atoms with van der Waals surface area (Å²) in [5, 5.41) is 34.8. The number of nitrogens with two attached hydrogens (primary N) is 1. The highest BCUT2D eigenvalue weighted by molar-refractivity contribution is 8.19. The normalized spacial score (nSPS) is 12.8. The number of nitrogens with zero attached hydrogens (tertiary/aromatic N) is 9. The number of nitrogen functional groups attached to an aromatic ring is 1. The minimum absolute atomic E-state index is 0.0545. The maximum absolute atomic E-state index is 10.6. The summed E-state index contributed by atoms with van der Waals surface area (Å²) >= 11 is 0. The lowest BCUT2D eigenvalue weighted by atomic mass is 9.91. The molecule has 0 fully saturated rings. The van der Waals surface area contributed by atoms with E-state index in [0.717, 1.165) is 5.71 Å². The van der Waals surface area contributed by atoms with Gasteiger partial charge in [0.25, 0.3) is 0 Å². The Morgan fingerprint density at radius 3 is 2.44 bits per heavy atom. The minimum atomic E-state index is -3.91. The molecule has 2 aromatic carbocycles. The third-order valence-electron chi connectivity index (χ3n) is 6.57. The van der Waals surface area contributed by atoms with Gasteiger partial charge in [0.05, 0.1) is 29.1 Å². The molecule has 45 heavy (non-hydrogen) atoms. The van der Waals surface area contributed by atoms with E-state index >= 15 is 0 Å². The van der Waals surface area contributed by atoms with Gasteiger partial charge < -0.3 is 24.1 Å². The van der Waals surface area contributed by atoms with Gasteiger partial charge in [-0.3, -0.25) is 0 Å². The van der Waals surface area contributed by atoms with Crippen LogP contribution in [0.2, 0.25) is 0 Å². The van der Waals surface area contributed by atoms with Crippen LogP contribution in [0.1, 0.15) is 57.4 Å². The Labute approximate surface area is 261 Å². The Balaban J connectivity index is 1.59. The summed E-state index contributed by atoms with van der Waals surface area (Å²) in [5.74, 6) is 0.906. The first-order valence-corrected chi connectivity index (χ1v) is 15.2. The van der Waals surface area contributed by atoms with E-state index in [-0.39, 0.29) is 27.8 Å². The second-order valence-corrected chi connectivity index (χ2v) is 12.7. The number of nitroso groups, excluding NO2 is 1. The number of rotatable bonds is 11. The van der Waals surface area contributed by atoms with Crippen molar-refractivity contribution < 1.29 is 18.4 Å². The second kappa shape index (κ2) is 13.4. The van der Waals surface area contributed by atoms with Crippen LogP contribution in [0.25, 0.3) is 5.69 Å². The molecule has 0 aliphatic heterocycles. The second-order valence-electron chi connectivity index (χ2n) is 11.2. The Kier molecular flexibility index (Phi) is 9.78. The fourth-order valence-electron chi connectivity index (χ4n) is 4.25. The van der Waals surface area contributed by atoms with Crippen LogP contribution in [0.3, 0.4) is 0 Å². The molecule has 0 radical (unpaired) electrons. The fraction of sp³-hybridized carbons (Fsp3) is 0.310. The van der Waals surface area contributed by atoms with E-state index in [1.54, 1.807) is 31.2 Å². The summed E-state index contributed by atoms with van der Waals surface area (Å²) in [4.78, 5) is 11.8. The van der Waals surface area contributed by atoms with Crippen molar-refractivity contribution in [1.82, 2.24) is 19.7 Å². The zero-order valence-corrected chi connectivity index (χ0v) is 26.2. The Hall–Kier alpha value is -4.95. The van der Waals surface area contributed by atoms with Gasteiger partial charge in [0.2, 0.25) is 0 Å². The SMILES string of the molecule is C/C(CCCOc1ccc(N=O)cc1)=N\n1nc(C(C)(C)C)c(N=Nc2c(C#N)cnn2-c2ccc(S(O)(O)O)cc2C)c1N. The molecule has 0 aliphatic carbocycles. The number of hydrogen-bond donors (Lipinski definition) is 4. The molecule has 4 aromatic rings. The van der Waals surface area contributed by atoms with E-state index in [1.807, 2.05) is 27.7 Å². The first-order chi connectivity index (χ1) is 21.2. The molecule has 0 spiro atoms. The molecule has 0 unspecified atom stereocenters. The van der Waals surface area contributed by atoms with Crippen LogP contribution in [0.15, 0.2) is 74.1 Å². The van der Waals surface area contributed by atoms with E-state index in [1.165, 1.54) is 33.9 Å². The summed E-state index contributed by atoms with van der Waals surface area (Å²) in [6, 6.07) is 12.9. The average molecular weight is 635 g/mol. The number of hydrogen-bond acceptors (Lipinski definition) is 13. The van der Waals surface area contributed by atoms with Gasteiger partial charge >= 0.3 is 0 Å². The molecule has 16 heteroatoms. The first-order valence-electron chi connectivity index (χ1n) is 13.7. The molecule has 0 atom stereocenters. The third kappa shape index (κ3) is 7.77. The highest BCUT2D eigenvalue weighted by Gasteiger charge is 2.27. The van der Waals surface area contributed by atoms with Gasteiger partial charge in [-0.25, -0.2) is 4.68 Å². The molecule has 0 saturated carbocycles. The first kappa shape index (κ1) is 33.0. The number of ether oxygens (including phenoxy) is 1. The van der Waals surface area contributed by atoms with E-state index in [0.29, 0.717) is 47.8 Å². The number of nitriles is 1. The lowest BCUT2D eigenvalue weighted by molar-refractivity contribution is 0.313. The van der Waals surface area contributed by atoms with Crippen molar-refractivity contribution in [2.75, 3.05) is 12.3 Å². The molecule has 2 aromatic heterocycles. The summed E-state index contributed by atoms with van der Waals surface area (Å²) in [6.45, 7) is 9.82. The Morgan fingerprint density at radius 2 is 1.84 bits per heavy atom. The standard InChI is InChI=1S/C29H34N10O5S/c1-18-15-23(45(41,42)43)12-13-24(18)38-28(20(16-30)17-32-38)34-33-25-26(29(3,4)5)36-39(27(25)31)35-19(2)7-6-14-44-22-10-8-21(37-40)9-11-22/h8-13,15,17,41-43H,6-7,14,31H2,1-5H3/b34-33?,35-19+. The van der Waals surface area contributed by atoms with Crippen LogP contribution in [0.5, 0.6) is 5.75 Å². The molecule has 15 nitrogen and oxygen atoms in total. The van der Waals surface area contributed by atoms with E-state index in [2.05, 4.69) is 36.8 Å². The number of benzene rings is 2. The van der Waals surface area contributed by atoms with Crippen molar-refractivity contribution in [2.24, 2.45) is 20.5 Å². The summed E-state index contributed by atoms with van der Waals surface area (Å²) in [5.41, 5.74) is 9.06. The summed E-state index contributed by atoms with van der Waals surface area (Å²) < 4.78 is 36.0. The Morgan fingerprint density at radius 1 is 1.13 bits per heavy atom. The zero-order chi connectivity index (χ0) is 32.9. The van der Waals surface area contributed by atoms with Crippen LogP contribution >= 0.6 is 10.9 Å². The molecule has 0 aliphatic rings. The molecular weight excluding hydrogens is 600 g/mol. The summed E-state index contributed by atoms with van der Waals surface area (Å²) in [6.07, 6.45) is 2.61. The molecule has 0 amide bonds. The third-order valence-corrected chi connectivity index (χ3v) is 7.45. The lowest BCUT2D eigenvalue weighted by Gasteiger charge is -2.20. The van der Waals surface area contributed by atoms with Gasteiger partial charge in [0.15, 0.2) is 17.3 Å². The predicted octanol–water partition coefficient (Wildman–Crippen LogP) is 7.61. The molecule has 236 valence electrons. The molecule has 2 heterocycles. The van der Waals surface area contributed by atoms with Crippen molar-refractivity contribution in [3.63, 3.8) is 0 Å². The quantitative estimate of drug-likeness (QED) is 0.0550. The highest BCUT2D eigenvalue weighted by Crippen LogP contribution is 2.44. The van der Waals surface area contributed by atoms with Gasteiger partial charge in [0.1, 0.15) is 33.9 Å². The molecule has 5 N–H and O–H groups in total. The number of aryl methyl sites for hydroxylation is 1. The van der Waals surface area contributed by atoms with Crippen LogP contribution in [-0.2, 0) is 5.41 Å². The smallest absolute Gasteiger partial charge is 0.195 e. The van der Waals surface area contributed by atoms with E-state index in [4.69, 9.17) is 10.5 Å². The average Bonchev–Trinajstić information content (AvgIpc) is 3.53. The van der Waals surface area contributed by atoms with Gasteiger partial charge in [-0.2, -0.15) is 20.6 Å². The largest absolute Gasteiger partial charge is 0.494 e. The van der Waals surface area contributed by atoms with Crippen LogP contribution < -0.4 is 10.5 Å². The number of anilines is 1. The zero-order valence-electron chi connectivity index (χ0n) is 25.4. The van der Waals surface area contributed by atoms with Gasteiger partial charge in [0, 0.05) is 11.1 Å². The van der Waals surface area contributed by atoms with Gasteiger partial charge in [-0.1, -0.05) is 20.8 Å². The highest BCUT2D eigenvalue weighted by atomic mass is 32.3. The maximum atomic E-state index is 10.6. The minimum Gasteiger partial charge on any atom is -0.494 e. The number of azo groups is 1. The van der Waals surface area contributed by atoms with Crippen molar-refractivity contribution in [1.29, 1.82) is 5.26 Å². The fourth-order valence-corrected chi connectivity index (χ4v) is 4.84. The Bertz CT molecular complexity index is 1790. The van der Waals surface area contributed by atoms with Crippen LogP contribution in [-0.4, -0.2) is 45.6 Å². The predicted molar refractivity (Wildman–Crippen MR) is 171 cm³/mol. The van der Waals surface area contributed by atoms with Crippen molar-refractivity contribution in [2.45, 2.75) is 57.8 Å². The molecule has 0 bridgehead atoms. The van der Waals surface area contributed by atoms with Crippen LogP contribution in [0.4, 0.5) is 23.0 Å². The topological polar surface area (TPSA) is 222 Å². The van der Waals surface area contributed by atoms with Crippen molar-refractivity contribution in [3.8, 4) is 17.5 Å². The maximum Gasteiger partial charge on any atom is 0.195 e. The van der Waals surface area contributed by atoms with Crippen LogP contribution in [0, 0.1) is 23.2 Å². The number of aromatic nitrogens is 4. The molecule has 0 saturated heterocycles. The van der Waals surface area contributed by atoms with Gasteiger partial charge in [-0.15, -0.1) is 19.9 Å². The monoisotopic (exact) mass is 634 g/mol. The van der Waals surface area contributed by atoms with Crippen molar-refractivity contribution >= 4 is 39.6 Å². The van der Waals surface area contributed by atoms with Crippen molar-refractivity contribution in [3.05, 3.63) is 70.4 Å². The molecule has 4 rings (SSSR count). The van der Waals surface area contributed by atoms with E-state index in [9.17, 15) is 23.8 Å². The summed E-state index contributed by atoms with van der Waals surface area (Å²) in [7, 11) is -3.91.